The van der Waals surface area contributed by atoms with Gasteiger partial charge in [0.1, 0.15) is 0 Å². The second kappa shape index (κ2) is 9.17. The van der Waals surface area contributed by atoms with Gasteiger partial charge in [-0.25, -0.2) is 0 Å². The molecule has 0 spiro atoms. The first kappa shape index (κ1) is 23.3. The van der Waals surface area contributed by atoms with Crippen LogP contribution in [0.25, 0.3) is 0 Å². The fourth-order valence-corrected chi connectivity index (χ4v) is 4.87. The summed E-state index contributed by atoms with van der Waals surface area (Å²) in [5.74, 6) is -0.280. The Labute approximate surface area is 193 Å². The van der Waals surface area contributed by atoms with Crippen LogP contribution in [0.4, 0.5) is 13.2 Å². The van der Waals surface area contributed by atoms with E-state index in [0.29, 0.717) is 36.9 Å². The summed E-state index contributed by atoms with van der Waals surface area (Å²) in [5.41, 5.74) is -0.780. The number of alkyl halides is 3. The number of nitrogens with zero attached hydrogens (tertiary/aromatic N) is 1. The van der Waals surface area contributed by atoms with E-state index in [-0.39, 0.29) is 40.6 Å². The van der Waals surface area contributed by atoms with Gasteiger partial charge in [0.25, 0.3) is 5.91 Å². The second-order valence-electron chi connectivity index (χ2n) is 8.37. The SMILES string of the molecule is C=C1CCC(N2Cc3cc(CCC(=O)c4ccc(SC(F)(F)F)cc4)ccc3C2=O)C(=O)C1. The van der Waals surface area contributed by atoms with E-state index in [1.807, 2.05) is 6.07 Å². The van der Waals surface area contributed by atoms with Crippen LogP contribution < -0.4 is 0 Å². The summed E-state index contributed by atoms with van der Waals surface area (Å²) >= 11 is -0.215. The number of hydrogen-bond acceptors (Lipinski definition) is 4. The van der Waals surface area contributed by atoms with Crippen molar-refractivity contribution in [1.29, 1.82) is 0 Å². The van der Waals surface area contributed by atoms with E-state index in [9.17, 15) is 27.6 Å². The summed E-state index contributed by atoms with van der Waals surface area (Å²) < 4.78 is 37.3. The second-order valence-corrected chi connectivity index (χ2v) is 9.51. The number of halogens is 3. The van der Waals surface area contributed by atoms with Crippen LogP contribution in [0.1, 0.15) is 57.5 Å². The molecule has 0 saturated heterocycles. The number of amides is 1. The smallest absolute Gasteiger partial charge is 0.324 e. The minimum absolute atomic E-state index is 0.0258. The summed E-state index contributed by atoms with van der Waals surface area (Å²) in [5, 5.41) is 0. The average molecular weight is 474 g/mol. The van der Waals surface area contributed by atoms with Crippen molar-refractivity contribution in [3.8, 4) is 0 Å². The monoisotopic (exact) mass is 473 g/mol. The predicted octanol–water partition coefficient (Wildman–Crippen LogP) is 5.75. The minimum atomic E-state index is -4.37. The van der Waals surface area contributed by atoms with Crippen LogP contribution in [0.15, 0.2) is 59.5 Å². The third-order valence-corrected chi connectivity index (χ3v) is 6.73. The number of hydrogen-bond donors (Lipinski definition) is 0. The van der Waals surface area contributed by atoms with Gasteiger partial charge in [-0.05, 0) is 60.4 Å². The molecule has 33 heavy (non-hydrogen) atoms. The molecule has 8 heteroatoms. The lowest BCUT2D eigenvalue weighted by Gasteiger charge is -2.30. The van der Waals surface area contributed by atoms with Crippen molar-refractivity contribution in [2.45, 2.75) is 55.1 Å². The molecule has 1 aliphatic heterocycles. The maximum atomic E-state index is 12.8. The van der Waals surface area contributed by atoms with Crippen molar-refractivity contribution >= 4 is 29.2 Å². The number of benzene rings is 2. The molecule has 0 aromatic heterocycles. The molecule has 1 heterocycles. The maximum absolute atomic E-state index is 12.8. The number of thioether (sulfide) groups is 1. The van der Waals surface area contributed by atoms with Gasteiger partial charge >= 0.3 is 5.51 Å². The normalized spacial score (nSPS) is 18.6. The Bertz CT molecular complexity index is 1120. The summed E-state index contributed by atoms with van der Waals surface area (Å²) in [6.07, 6.45) is 2.29. The third kappa shape index (κ3) is 5.38. The van der Waals surface area contributed by atoms with Gasteiger partial charge in [0.2, 0.25) is 0 Å². The number of ketones is 2. The lowest BCUT2D eigenvalue weighted by Crippen LogP contribution is -2.43. The van der Waals surface area contributed by atoms with Crippen LogP contribution in [-0.4, -0.2) is 33.9 Å². The maximum Gasteiger partial charge on any atom is 0.446 e. The Balaban J connectivity index is 1.38. The molecule has 0 N–H and O–H groups in total. The summed E-state index contributed by atoms with van der Waals surface area (Å²) in [7, 11) is 0. The fraction of sp³-hybridized carbons (Fsp3) is 0.320. The standard InChI is InChI=1S/C25H22F3NO3S/c1-15-2-10-21(23(31)12-15)29-14-18-13-16(3-9-20(18)24(29)32)4-11-22(30)17-5-7-19(8-6-17)33-25(26,27)28/h3,5-9,13,21H,1-2,4,10-12,14H2. The Morgan fingerprint density at radius 2 is 1.85 bits per heavy atom. The lowest BCUT2D eigenvalue weighted by atomic mass is 9.90. The van der Waals surface area contributed by atoms with E-state index in [2.05, 4.69) is 6.58 Å². The van der Waals surface area contributed by atoms with Crippen molar-refractivity contribution in [2.24, 2.45) is 0 Å². The quantitative estimate of drug-likeness (QED) is 0.305. The third-order valence-electron chi connectivity index (χ3n) is 6.00. The van der Waals surface area contributed by atoms with Gasteiger partial charge in [-0.2, -0.15) is 13.2 Å². The highest BCUT2D eigenvalue weighted by atomic mass is 32.2. The summed E-state index contributed by atoms with van der Waals surface area (Å²) in [6, 6.07) is 10.4. The van der Waals surface area contributed by atoms with Gasteiger partial charge in [0, 0.05) is 35.4 Å². The molecule has 1 fully saturated rings. The number of aryl methyl sites for hydroxylation is 1. The molecule has 2 aliphatic rings. The van der Waals surface area contributed by atoms with Crippen molar-refractivity contribution < 1.29 is 27.6 Å². The fourth-order valence-electron chi connectivity index (χ4n) is 4.33. The molecule has 172 valence electrons. The highest BCUT2D eigenvalue weighted by Gasteiger charge is 2.37. The minimum Gasteiger partial charge on any atom is -0.324 e. The number of Topliss-reactive ketones (excluding diaryl/α,β-unsaturated/α-hetero) is 2. The number of allylic oxidation sites excluding steroid dienone is 1. The van der Waals surface area contributed by atoms with E-state index in [1.165, 1.54) is 24.3 Å². The van der Waals surface area contributed by atoms with E-state index in [1.54, 1.807) is 17.0 Å². The van der Waals surface area contributed by atoms with Crippen LogP contribution in [0.3, 0.4) is 0 Å². The molecule has 1 aliphatic carbocycles. The topological polar surface area (TPSA) is 54.5 Å². The molecule has 4 rings (SSSR count). The van der Waals surface area contributed by atoms with Crippen LogP contribution in [0.5, 0.6) is 0 Å². The largest absolute Gasteiger partial charge is 0.446 e. The van der Waals surface area contributed by atoms with Crippen molar-refractivity contribution in [2.75, 3.05) is 0 Å². The van der Waals surface area contributed by atoms with Crippen LogP contribution >= 0.6 is 11.8 Å². The number of carbonyl (C=O) groups excluding carboxylic acids is 3. The van der Waals surface area contributed by atoms with Crippen LogP contribution in [-0.2, 0) is 17.8 Å². The van der Waals surface area contributed by atoms with Gasteiger partial charge in [-0.1, -0.05) is 36.4 Å². The molecular formula is C25H22F3NO3S. The molecule has 2 aromatic rings. The van der Waals surface area contributed by atoms with E-state index < -0.39 is 11.6 Å². The highest BCUT2D eigenvalue weighted by Crippen LogP contribution is 2.37. The Kier molecular flexibility index (Phi) is 6.47. The van der Waals surface area contributed by atoms with Gasteiger partial charge < -0.3 is 4.90 Å². The van der Waals surface area contributed by atoms with Gasteiger partial charge in [-0.3, -0.25) is 14.4 Å². The zero-order valence-electron chi connectivity index (χ0n) is 17.8. The van der Waals surface area contributed by atoms with Crippen LogP contribution in [0.2, 0.25) is 0 Å². The first-order valence-electron chi connectivity index (χ1n) is 10.6. The predicted molar refractivity (Wildman–Crippen MR) is 119 cm³/mol. The first-order valence-corrected chi connectivity index (χ1v) is 11.4. The number of rotatable bonds is 6. The van der Waals surface area contributed by atoms with Gasteiger partial charge in [-0.15, -0.1) is 0 Å². The van der Waals surface area contributed by atoms with Crippen molar-refractivity contribution in [3.63, 3.8) is 0 Å². The first-order chi connectivity index (χ1) is 15.6. The van der Waals surface area contributed by atoms with Crippen molar-refractivity contribution in [1.82, 2.24) is 4.90 Å². The zero-order chi connectivity index (χ0) is 23.8. The molecular weight excluding hydrogens is 451 g/mol. The molecule has 2 aromatic carbocycles. The molecule has 1 atom stereocenters. The zero-order valence-corrected chi connectivity index (χ0v) is 18.6. The van der Waals surface area contributed by atoms with E-state index >= 15 is 0 Å². The molecule has 1 unspecified atom stereocenters. The van der Waals surface area contributed by atoms with E-state index in [0.717, 1.165) is 23.1 Å². The molecule has 1 saturated carbocycles. The molecule has 1 amide bonds. The van der Waals surface area contributed by atoms with Crippen molar-refractivity contribution in [3.05, 3.63) is 76.9 Å². The Morgan fingerprint density at radius 3 is 2.52 bits per heavy atom. The average Bonchev–Trinajstić information content (AvgIpc) is 3.07. The number of fused-ring (bicyclic) bond motifs is 1. The molecule has 0 radical (unpaired) electrons. The van der Waals surface area contributed by atoms with Gasteiger partial charge in [0.05, 0.1) is 6.04 Å². The summed E-state index contributed by atoms with van der Waals surface area (Å²) in [4.78, 5) is 39.4. The Morgan fingerprint density at radius 1 is 1.12 bits per heavy atom. The Hall–Kier alpha value is -2.87. The van der Waals surface area contributed by atoms with Crippen LogP contribution in [0, 0.1) is 0 Å². The van der Waals surface area contributed by atoms with Gasteiger partial charge in [0.15, 0.2) is 11.6 Å². The van der Waals surface area contributed by atoms with E-state index in [4.69, 9.17) is 0 Å². The summed E-state index contributed by atoms with van der Waals surface area (Å²) in [6.45, 7) is 4.24. The number of carbonyl (C=O) groups is 3. The molecule has 4 nitrogen and oxygen atoms in total. The molecule has 0 bridgehead atoms. The lowest BCUT2D eigenvalue weighted by molar-refractivity contribution is -0.124. The highest BCUT2D eigenvalue weighted by molar-refractivity contribution is 8.00.